The van der Waals surface area contributed by atoms with Crippen LogP contribution in [0.3, 0.4) is 0 Å². The molecule has 0 atom stereocenters. The molecule has 1 aromatic carbocycles. The topological polar surface area (TPSA) is 75.6 Å². The second kappa shape index (κ2) is 7.56. The van der Waals surface area contributed by atoms with Crippen LogP contribution in [-0.2, 0) is 4.79 Å². The summed E-state index contributed by atoms with van der Waals surface area (Å²) in [5, 5.41) is 11.3. The molecule has 7 heteroatoms. The van der Waals surface area contributed by atoms with Crippen molar-refractivity contribution in [3.8, 4) is 5.75 Å². The fourth-order valence-corrected chi connectivity index (χ4v) is 1.72. The Balaban J connectivity index is 2.72. The van der Waals surface area contributed by atoms with Crippen molar-refractivity contribution in [3.63, 3.8) is 0 Å². The monoisotopic (exact) mass is 301 g/mol. The number of halogens is 2. The van der Waals surface area contributed by atoms with Crippen molar-refractivity contribution in [2.75, 3.05) is 6.61 Å². The van der Waals surface area contributed by atoms with Gasteiger partial charge in [-0.3, -0.25) is 4.79 Å². The Morgan fingerprint density at radius 1 is 1.24 bits per heavy atom. The third kappa shape index (κ3) is 4.70. The number of carboxylic acid groups (broad SMARTS) is 1. The summed E-state index contributed by atoms with van der Waals surface area (Å²) in [6.45, 7) is 3.26. The molecular weight excluding hydrogens is 284 g/mol. The van der Waals surface area contributed by atoms with Gasteiger partial charge in [-0.25, -0.2) is 13.6 Å². The molecule has 0 aliphatic heterocycles. The lowest BCUT2D eigenvalue weighted by atomic mass is 10.2. The van der Waals surface area contributed by atoms with Gasteiger partial charge in [0.05, 0.1) is 5.56 Å². The standard InChI is InChI=1S/C14H17F2NO4/c1-3-9(4-2)17-12(18)7-21-13-10(15)5-8(14(19)20)6-11(13)16/h5-6,9H,3-4,7H2,1-2H3,(H,17,18)(H,19,20). The Morgan fingerprint density at radius 2 is 1.76 bits per heavy atom. The highest BCUT2D eigenvalue weighted by atomic mass is 19.1. The van der Waals surface area contributed by atoms with Crippen molar-refractivity contribution < 1.29 is 28.2 Å². The minimum absolute atomic E-state index is 0.0230. The van der Waals surface area contributed by atoms with E-state index in [-0.39, 0.29) is 6.04 Å². The molecule has 0 spiro atoms. The van der Waals surface area contributed by atoms with E-state index < -0.39 is 41.4 Å². The summed E-state index contributed by atoms with van der Waals surface area (Å²) >= 11 is 0. The Bertz CT molecular complexity index is 507. The smallest absolute Gasteiger partial charge is 0.335 e. The first kappa shape index (κ1) is 16.9. The number of hydrogen-bond donors (Lipinski definition) is 2. The maximum atomic E-state index is 13.6. The van der Waals surface area contributed by atoms with Gasteiger partial charge in [-0.2, -0.15) is 0 Å². The van der Waals surface area contributed by atoms with E-state index in [1.807, 2.05) is 13.8 Å². The van der Waals surface area contributed by atoms with Crippen molar-refractivity contribution in [1.82, 2.24) is 5.32 Å². The van der Waals surface area contributed by atoms with Gasteiger partial charge >= 0.3 is 5.97 Å². The number of benzene rings is 1. The van der Waals surface area contributed by atoms with Gasteiger partial charge in [-0.15, -0.1) is 0 Å². The summed E-state index contributed by atoms with van der Waals surface area (Å²) in [7, 11) is 0. The number of nitrogens with one attached hydrogen (secondary N) is 1. The first-order chi connectivity index (χ1) is 9.88. The summed E-state index contributed by atoms with van der Waals surface area (Å²) in [5.41, 5.74) is -0.529. The van der Waals surface area contributed by atoms with Gasteiger partial charge in [0.15, 0.2) is 24.0 Å². The van der Waals surface area contributed by atoms with Crippen LogP contribution in [0.25, 0.3) is 0 Å². The van der Waals surface area contributed by atoms with E-state index in [0.717, 1.165) is 12.8 Å². The summed E-state index contributed by atoms with van der Waals surface area (Å²) in [6.07, 6.45) is 1.47. The van der Waals surface area contributed by atoms with E-state index >= 15 is 0 Å². The molecule has 0 saturated heterocycles. The molecule has 0 bridgehead atoms. The molecule has 116 valence electrons. The zero-order valence-corrected chi connectivity index (χ0v) is 11.8. The molecule has 0 radical (unpaired) electrons. The second-order valence-electron chi connectivity index (χ2n) is 4.44. The fraction of sp³-hybridized carbons (Fsp3) is 0.429. The Labute approximate surface area is 120 Å². The number of carboxylic acids is 1. The lowest BCUT2D eigenvalue weighted by molar-refractivity contribution is -0.123. The average Bonchev–Trinajstić information content (AvgIpc) is 2.43. The highest BCUT2D eigenvalue weighted by molar-refractivity contribution is 5.87. The quantitative estimate of drug-likeness (QED) is 0.810. The summed E-state index contributed by atoms with van der Waals surface area (Å²) in [4.78, 5) is 22.2. The summed E-state index contributed by atoms with van der Waals surface area (Å²) in [5.74, 6) is -5.04. The van der Waals surface area contributed by atoms with Crippen LogP contribution in [0.2, 0.25) is 0 Å². The molecule has 0 aliphatic carbocycles. The van der Waals surface area contributed by atoms with Gasteiger partial charge in [0, 0.05) is 6.04 Å². The molecule has 0 fully saturated rings. The number of ether oxygens (including phenoxy) is 1. The SMILES string of the molecule is CCC(CC)NC(=O)COc1c(F)cc(C(=O)O)cc1F. The molecule has 1 rings (SSSR count). The van der Waals surface area contributed by atoms with Crippen LogP contribution in [-0.4, -0.2) is 29.6 Å². The number of aromatic carboxylic acids is 1. The molecule has 21 heavy (non-hydrogen) atoms. The maximum Gasteiger partial charge on any atom is 0.335 e. The van der Waals surface area contributed by atoms with Crippen LogP contribution in [0.15, 0.2) is 12.1 Å². The maximum absolute atomic E-state index is 13.6. The normalized spacial score (nSPS) is 10.5. The van der Waals surface area contributed by atoms with Gasteiger partial charge in [-0.1, -0.05) is 13.8 Å². The predicted octanol–water partition coefficient (Wildman–Crippen LogP) is 2.35. The lowest BCUT2D eigenvalue weighted by Crippen LogP contribution is -2.37. The van der Waals surface area contributed by atoms with Crippen molar-refractivity contribution in [2.24, 2.45) is 0 Å². The van der Waals surface area contributed by atoms with Crippen LogP contribution >= 0.6 is 0 Å². The molecule has 0 saturated carbocycles. The predicted molar refractivity (Wildman–Crippen MR) is 71.3 cm³/mol. The summed E-state index contributed by atoms with van der Waals surface area (Å²) in [6, 6.07) is 1.25. The molecule has 0 heterocycles. The van der Waals surface area contributed by atoms with Crippen molar-refractivity contribution >= 4 is 11.9 Å². The van der Waals surface area contributed by atoms with Crippen LogP contribution < -0.4 is 10.1 Å². The minimum Gasteiger partial charge on any atom is -0.478 e. The van der Waals surface area contributed by atoms with Gasteiger partial charge < -0.3 is 15.2 Å². The van der Waals surface area contributed by atoms with E-state index in [0.29, 0.717) is 12.1 Å². The largest absolute Gasteiger partial charge is 0.478 e. The fourth-order valence-electron chi connectivity index (χ4n) is 1.72. The molecule has 5 nitrogen and oxygen atoms in total. The molecule has 0 aromatic heterocycles. The second-order valence-corrected chi connectivity index (χ2v) is 4.44. The highest BCUT2D eigenvalue weighted by Gasteiger charge is 2.17. The first-order valence-corrected chi connectivity index (χ1v) is 6.53. The third-order valence-corrected chi connectivity index (χ3v) is 2.94. The van der Waals surface area contributed by atoms with Crippen molar-refractivity contribution in [1.29, 1.82) is 0 Å². The minimum atomic E-state index is -1.45. The Kier molecular flexibility index (Phi) is 6.08. The molecule has 0 unspecified atom stereocenters. The first-order valence-electron chi connectivity index (χ1n) is 6.53. The van der Waals surface area contributed by atoms with E-state index in [1.54, 1.807) is 0 Å². The highest BCUT2D eigenvalue weighted by Crippen LogP contribution is 2.23. The lowest BCUT2D eigenvalue weighted by Gasteiger charge is -2.15. The molecule has 1 aromatic rings. The third-order valence-electron chi connectivity index (χ3n) is 2.94. The van der Waals surface area contributed by atoms with Gasteiger partial charge in [0.1, 0.15) is 0 Å². The zero-order chi connectivity index (χ0) is 16.0. The van der Waals surface area contributed by atoms with Gasteiger partial charge in [0.25, 0.3) is 5.91 Å². The van der Waals surface area contributed by atoms with E-state index in [4.69, 9.17) is 9.84 Å². The molecule has 0 aliphatic rings. The van der Waals surface area contributed by atoms with E-state index in [2.05, 4.69) is 5.32 Å². The van der Waals surface area contributed by atoms with Crippen LogP contribution in [0.1, 0.15) is 37.0 Å². The van der Waals surface area contributed by atoms with Crippen molar-refractivity contribution in [3.05, 3.63) is 29.3 Å². The Hall–Kier alpha value is -2.18. The number of carbonyl (C=O) groups is 2. The number of hydrogen-bond acceptors (Lipinski definition) is 3. The van der Waals surface area contributed by atoms with Crippen LogP contribution in [0, 0.1) is 11.6 Å². The average molecular weight is 301 g/mol. The molecule has 1 amide bonds. The van der Waals surface area contributed by atoms with Crippen LogP contribution in [0.5, 0.6) is 5.75 Å². The van der Waals surface area contributed by atoms with E-state index in [1.165, 1.54) is 0 Å². The van der Waals surface area contributed by atoms with Crippen LogP contribution in [0.4, 0.5) is 8.78 Å². The zero-order valence-electron chi connectivity index (χ0n) is 11.8. The van der Waals surface area contributed by atoms with Crippen molar-refractivity contribution in [2.45, 2.75) is 32.7 Å². The number of amides is 1. The Morgan fingerprint density at radius 3 is 2.19 bits per heavy atom. The summed E-state index contributed by atoms with van der Waals surface area (Å²) < 4.78 is 31.9. The number of rotatable bonds is 7. The molecular formula is C14H17F2NO4. The van der Waals surface area contributed by atoms with Gasteiger partial charge in [0.2, 0.25) is 0 Å². The number of carbonyl (C=O) groups excluding carboxylic acids is 1. The molecule has 2 N–H and O–H groups in total. The van der Waals surface area contributed by atoms with E-state index in [9.17, 15) is 18.4 Å². The van der Waals surface area contributed by atoms with Gasteiger partial charge in [-0.05, 0) is 25.0 Å².